The van der Waals surface area contributed by atoms with Crippen LogP contribution in [-0.2, 0) is 11.2 Å². The van der Waals surface area contributed by atoms with Gasteiger partial charge in [0.2, 0.25) is 5.91 Å². The van der Waals surface area contributed by atoms with Gasteiger partial charge in [0.15, 0.2) is 10.1 Å². The fourth-order valence-electron chi connectivity index (χ4n) is 5.32. The number of aliphatic hydroxyl groups is 1. The number of aryl methyl sites for hydroxylation is 1. The predicted molar refractivity (Wildman–Crippen MR) is 170 cm³/mol. The van der Waals surface area contributed by atoms with E-state index in [4.69, 9.17) is 9.97 Å². The highest BCUT2D eigenvalue weighted by molar-refractivity contribution is 7.17. The Morgan fingerprint density at radius 3 is 2.56 bits per heavy atom. The summed E-state index contributed by atoms with van der Waals surface area (Å²) in [5.74, 6) is 1.02. The Bertz CT molecular complexity index is 1610. The van der Waals surface area contributed by atoms with Gasteiger partial charge < -0.3 is 15.3 Å². The van der Waals surface area contributed by atoms with Gasteiger partial charge >= 0.3 is 0 Å². The topological polar surface area (TPSA) is 110 Å². The summed E-state index contributed by atoms with van der Waals surface area (Å²) >= 11 is 3.05. The van der Waals surface area contributed by atoms with E-state index in [1.165, 1.54) is 28.3 Å². The van der Waals surface area contributed by atoms with Crippen LogP contribution in [0.1, 0.15) is 61.9 Å². The van der Waals surface area contributed by atoms with Crippen molar-refractivity contribution in [3.63, 3.8) is 0 Å². The Balaban J connectivity index is 1.34. The molecule has 12 heteroatoms. The zero-order valence-corrected chi connectivity index (χ0v) is 26.7. The van der Waals surface area contributed by atoms with Gasteiger partial charge in [0.1, 0.15) is 28.3 Å². The number of imidazole rings is 1. The first-order valence-corrected chi connectivity index (χ1v) is 16.3. The normalized spacial score (nSPS) is 14.7. The second kappa shape index (κ2) is 13.1. The first-order valence-electron chi connectivity index (χ1n) is 14.7. The summed E-state index contributed by atoms with van der Waals surface area (Å²) in [7, 11) is 0. The van der Waals surface area contributed by atoms with E-state index in [0.29, 0.717) is 46.8 Å². The molecule has 2 N–H and O–H groups in total. The van der Waals surface area contributed by atoms with Crippen molar-refractivity contribution in [3.05, 3.63) is 51.7 Å². The lowest BCUT2D eigenvalue weighted by atomic mass is 9.95. The summed E-state index contributed by atoms with van der Waals surface area (Å²) in [4.78, 5) is 29.3. The van der Waals surface area contributed by atoms with E-state index in [1.807, 2.05) is 13.8 Å². The summed E-state index contributed by atoms with van der Waals surface area (Å²) in [6, 6.07) is 8.35. The molecule has 43 heavy (non-hydrogen) atoms. The van der Waals surface area contributed by atoms with Crippen LogP contribution in [0.2, 0.25) is 0 Å². The number of nitrogens with zero attached hydrogens (tertiary/aromatic N) is 6. The first-order chi connectivity index (χ1) is 20.7. The number of rotatable bonds is 11. The molecule has 5 rings (SSSR count). The number of aliphatic hydroxyl groups excluding tert-OH is 1. The highest BCUT2D eigenvalue weighted by Gasteiger charge is 2.28. The Hall–Kier alpha value is -3.37. The molecule has 0 radical (unpaired) electrons. The van der Waals surface area contributed by atoms with Crippen molar-refractivity contribution in [1.82, 2.24) is 24.6 Å². The number of nitrogens with one attached hydrogen (secondary N) is 1. The smallest absolute Gasteiger partial charge is 0.234 e. The summed E-state index contributed by atoms with van der Waals surface area (Å²) in [6.07, 6.45) is 4.89. The third-order valence-corrected chi connectivity index (χ3v) is 10.0. The number of carbonyl (C=O) groups is 1. The molecule has 0 saturated carbocycles. The number of nitriles is 1. The Labute approximate surface area is 259 Å². The summed E-state index contributed by atoms with van der Waals surface area (Å²) < 4.78 is 15.7. The Morgan fingerprint density at radius 2 is 1.93 bits per heavy atom. The van der Waals surface area contributed by atoms with Crippen LogP contribution in [0.15, 0.2) is 30.5 Å². The van der Waals surface area contributed by atoms with Gasteiger partial charge in [0, 0.05) is 41.7 Å². The molecule has 4 aromatic rings. The monoisotopic (exact) mass is 623 g/mol. The standard InChI is InChI=1S/C31H38FN7O2S2/c1-5-23-28(38(6-2)30-36-27(24(15-33)42-30)21-7-9-22(32)10-8-21)39-16-25(43-29(39)35-23)20-11-13-37(14-12-20)17-26(41)34-18-31(3,4)19-40/h7-10,16,20,40H,5-6,11-14,17-19H2,1-4H3,(H,34,41). The number of benzene rings is 1. The number of aromatic nitrogens is 3. The van der Waals surface area contributed by atoms with Gasteiger partial charge in [-0.2, -0.15) is 5.26 Å². The number of halogens is 1. The van der Waals surface area contributed by atoms with Crippen LogP contribution >= 0.6 is 22.7 Å². The van der Waals surface area contributed by atoms with Gasteiger partial charge in [-0.05, 0) is 69.5 Å². The van der Waals surface area contributed by atoms with E-state index in [2.05, 4.69) is 45.6 Å². The van der Waals surface area contributed by atoms with E-state index in [-0.39, 0.29) is 23.7 Å². The fraction of sp³-hybridized carbons (Fsp3) is 0.484. The fourth-order valence-corrected chi connectivity index (χ4v) is 7.43. The minimum absolute atomic E-state index is 0.00436. The van der Waals surface area contributed by atoms with Crippen LogP contribution in [0.5, 0.6) is 0 Å². The van der Waals surface area contributed by atoms with E-state index in [1.54, 1.807) is 23.5 Å². The molecule has 9 nitrogen and oxygen atoms in total. The summed E-state index contributed by atoms with van der Waals surface area (Å²) in [6.45, 7) is 11.2. The first kappa shape index (κ1) is 31.1. The summed E-state index contributed by atoms with van der Waals surface area (Å²) in [5, 5.41) is 23.0. The number of carbonyl (C=O) groups excluding carboxylic acids is 1. The van der Waals surface area contributed by atoms with Crippen LogP contribution in [0.3, 0.4) is 0 Å². The van der Waals surface area contributed by atoms with E-state index >= 15 is 0 Å². The average Bonchev–Trinajstić information content (AvgIpc) is 3.71. The molecule has 1 amide bonds. The quantitative estimate of drug-likeness (QED) is 0.225. The van der Waals surface area contributed by atoms with Crippen LogP contribution < -0.4 is 10.2 Å². The highest BCUT2D eigenvalue weighted by Crippen LogP contribution is 2.40. The number of amides is 1. The molecule has 1 aliphatic heterocycles. The molecule has 0 bridgehead atoms. The largest absolute Gasteiger partial charge is 0.396 e. The van der Waals surface area contributed by atoms with Gasteiger partial charge in [0.05, 0.1) is 12.2 Å². The van der Waals surface area contributed by atoms with E-state index < -0.39 is 0 Å². The molecule has 0 unspecified atom stereocenters. The maximum Gasteiger partial charge on any atom is 0.234 e. The zero-order valence-electron chi connectivity index (χ0n) is 25.1. The summed E-state index contributed by atoms with van der Waals surface area (Å²) in [5.41, 5.74) is 1.91. The maximum absolute atomic E-state index is 13.5. The van der Waals surface area contributed by atoms with Crippen molar-refractivity contribution in [2.24, 2.45) is 5.41 Å². The molecule has 1 fully saturated rings. The van der Waals surface area contributed by atoms with E-state index in [9.17, 15) is 19.6 Å². The van der Waals surface area contributed by atoms with Crippen molar-refractivity contribution in [1.29, 1.82) is 5.26 Å². The van der Waals surface area contributed by atoms with Crippen molar-refractivity contribution >= 4 is 44.5 Å². The van der Waals surface area contributed by atoms with Crippen molar-refractivity contribution in [2.45, 2.75) is 52.9 Å². The van der Waals surface area contributed by atoms with Crippen LogP contribution in [0.25, 0.3) is 16.2 Å². The number of likely N-dealkylation sites (tertiary alicyclic amines) is 1. The van der Waals surface area contributed by atoms with Gasteiger partial charge in [-0.25, -0.2) is 14.4 Å². The number of anilines is 2. The molecule has 0 aliphatic carbocycles. The Morgan fingerprint density at radius 1 is 1.21 bits per heavy atom. The molecule has 0 spiro atoms. The molecular weight excluding hydrogens is 586 g/mol. The Kier molecular flexibility index (Phi) is 9.46. The maximum atomic E-state index is 13.5. The number of thiazole rings is 2. The average molecular weight is 624 g/mol. The molecule has 3 aromatic heterocycles. The lowest BCUT2D eigenvalue weighted by Gasteiger charge is -2.31. The number of fused-ring (bicyclic) bond motifs is 1. The molecular formula is C31H38FN7O2S2. The number of hydrogen-bond acceptors (Lipinski definition) is 9. The lowest BCUT2D eigenvalue weighted by Crippen LogP contribution is -2.44. The third kappa shape index (κ3) is 6.75. The molecule has 1 aromatic carbocycles. The minimum atomic E-state index is -0.329. The second-order valence-corrected chi connectivity index (χ2v) is 13.7. The van der Waals surface area contributed by atoms with E-state index in [0.717, 1.165) is 48.8 Å². The van der Waals surface area contributed by atoms with Crippen LogP contribution in [-0.4, -0.2) is 69.6 Å². The molecule has 1 aliphatic rings. The van der Waals surface area contributed by atoms with Crippen molar-refractivity contribution in [2.75, 3.05) is 44.2 Å². The van der Waals surface area contributed by atoms with Gasteiger partial charge in [-0.15, -0.1) is 11.3 Å². The zero-order chi connectivity index (χ0) is 30.7. The molecule has 0 atom stereocenters. The lowest BCUT2D eigenvalue weighted by molar-refractivity contribution is -0.123. The van der Waals surface area contributed by atoms with Crippen molar-refractivity contribution in [3.8, 4) is 17.3 Å². The predicted octanol–water partition coefficient (Wildman–Crippen LogP) is 5.56. The third-order valence-electron chi connectivity index (χ3n) is 7.91. The van der Waals surface area contributed by atoms with Crippen LogP contribution in [0.4, 0.5) is 15.3 Å². The minimum Gasteiger partial charge on any atom is -0.396 e. The van der Waals surface area contributed by atoms with Crippen LogP contribution in [0, 0.1) is 22.6 Å². The van der Waals surface area contributed by atoms with Crippen molar-refractivity contribution < 1.29 is 14.3 Å². The van der Waals surface area contributed by atoms with Gasteiger partial charge in [0.25, 0.3) is 0 Å². The molecule has 1 saturated heterocycles. The molecule has 4 heterocycles. The highest BCUT2D eigenvalue weighted by atomic mass is 32.1. The second-order valence-electron chi connectivity index (χ2n) is 11.7. The number of hydrogen-bond donors (Lipinski definition) is 2. The number of piperidine rings is 1. The molecule has 228 valence electrons. The van der Waals surface area contributed by atoms with Gasteiger partial charge in [-0.1, -0.05) is 32.1 Å². The SMILES string of the molecule is CCc1nc2sc(C3CCN(CC(=O)NCC(C)(C)CO)CC3)cn2c1N(CC)c1nc(-c2ccc(F)cc2)c(C#N)s1. The van der Waals surface area contributed by atoms with Gasteiger partial charge in [-0.3, -0.25) is 14.1 Å².